The second-order valence-electron chi connectivity index (χ2n) is 18.5. The Morgan fingerprint density at radius 2 is 1.61 bits per heavy atom. The third-order valence-electron chi connectivity index (χ3n) is 13.3. The molecule has 0 bridgehead atoms. The topological polar surface area (TPSA) is 217 Å². The van der Waals surface area contributed by atoms with E-state index in [2.05, 4.69) is 30.5 Å². The van der Waals surface area contributed by atoms with Crippen LogP contribution in [0.2, 0.25) is 0 Å². The minimum absolute atomic E-state index is 0.00658. The van der Waals surface area contributed by atoms with Crippen molar-refractivity contribution in [3.63, 3.8) is 0 Å². The molecule has 72 heavy (non-hydrogen) atoms. The highest BCUT2D eigenvalue weighted by atomic mass is 19.3. The Balaban J connectivity index is 0.678. The first-order valence-electron chi connectivity index (χ1n) is 23.7. The molecule has 3 aliphatic rings. The number of likely N-dealkylation sites (tertiary alicyclic amines) is 1. The van der Waals surface area contributed by atoms with Crippen LogP contribution in [0.3, 0.4) is 0 Å². The number of alkyl halides is 2. The number of anilines is 2. The van der Waals surface area contributed by atoms with Crippen molar-refractivity contribution in [2.45, 2.75) is 75.7 Å². The van der Waals surface area contributed by atoms with Gasteiger partial charge < -0.3 is 44.9 Å². The molecule has 376 valence electrons. The molecular formula is C52H54F2N8O10. The van der Waals surface area contributed by atoms with Gasteiger partial charge in [-0.3, -0.25) is 28.5 Å². The summed E-state index contributed by atoms with van der Waals surface area (Å²) in [6, 6.07) is 27.7. The highest BCUT2D eigenvalue weighted by Gasteiger charge is 2.53. The Labute approximate surface area is 412 Å². The maximum Gasteiger partial charge on any atom is 0.586 e. The number of halogens is 2. The number of pyridine rings is 1. The number of aromatic nitrogens is 4. The Bertz CT molecular complexity index is 3060. The Morgan fingerprint density at radius 1 is 0.847 bits per heavy atom. The number of hydrogen-bond donors (Lipinski definition) is 4. The van der Waals surface area contributed by atoms with Crippen LogP contribution in [0.4, 0.5) is 20.4 Å². The fourth-order valence-electron chi connectivity index (χ4n) is 9.03. The average Bonchev–Trinajstić information content (AvgIpc) is 3.99. The zero-order valence-electron chi connectivity index (χ0n) is 39.7. The van der Waals surface area contributed by atoms with E-state index < -0.39 is 28.8 Å². The molecule has 0 unspecified atom stereocenters. The monoisotopic (exact) mass is 988 g/mol. The van der Waals surface area contributed by atoms with Gasteiger partial charge in [0.25, 0.3) is 17.4 Å². The van der Waals surface area contributed by atoms with Crippen LogP contribution in [0.5, 0.6) is 11.5 Å². The third kappa shape index (κ3) is 11.1. The van der Waals surface area contributed by atoms with Gasteiger partial charge in [-0.25, -0.2) is 9.50 Å². The normalized spacial score (nSPS) is 16.5. The summed E-state index contributed by atoms with van der Waals surface area (Å²) >= 11 is 0. The summed E-state index contributed by atoms with van der Waals surface area (Å²) in [5.74, 6) is -0.720. The number of benzene rings is 3. The second kappa shape index (κ2) is 20.7. The molecule has 1 aliphatic carbocycles. The van der Waals surface area contributed by atoms with Gasteiger partial charge in [-0.1, -0.05) is 61.5 Å². The lowest BCUT2D eigenvalue weighted by atomic mass is 9.90. The molecule has 1 saturated heterocycles. The number of rotatable bonds is 19. The quantitative estimate of drug-likeness (QED) is 0.0708. The summed E-state index contributed by atoms with van der Waals surface area (Å²) in [5.41, 5.74) is 1.71. The fourth-order valence-corrected chi connectivity index (χ4v) is 9.03. The molecule has 2 fully saturated rings. The molecule has 4 amide bonds. The minimum atomic E-state index is -3.76. The Kier molecular flexibility index (Phi) is 14.2. The first-order chi connectivity index (χ1) is 34.6. The molecule has 0 spiro atoms. The van der Waals surface area contributed by atoms with E-state index in [1.807, 2.05) is 44.2 Å². The molecule has 4 N–H and O–H groups in total. The molecule has 3 aromatic heterocycles. The number of fused-ring (bicyclic) bond motifs is 2. The average molecular weight is 989 g/mol. The van der Waals surface area contributed by atoms with Crippen LogP contribution in [-0.4, -0.2) is 111 Å². The van der Waals surface area contributed by atoms with E-state index in [4.69, 9.17) is 14.5 Å². The fraction of sp³-hybridized carbons (Fsp3) is 0.365. The predicted octanol–water partition coefficient (Wildman–Crippen LogP) is 5.81. The lowest BCUT2D eigenvalue weighted by Gasteiger charge is -2.38. The maximum absolute atomic E-state index is 13.6. The molecule has 20 heteroatoms. The van der Waals surface area contributed by atoms with Crippen LogP contribution < -0.4 is 31.0 Å². The molecule has 0 radical (unpaired) electrons. The Morgan fingerprint density at radius 3 is 2.39 bits per heavy atom. The van der Waals surface area contributed by atoms with Crippen molar-refractivity contribution >= 4 is 40.8 Å². The molecule has 6 aromatic rings. The number of ether oxygens (including phenoxy) is 4. The first kappa shape index (κ1) is 49.4. The lowest BCUT2D eigenvalue weighted by molar-refractivity contribution is -0.286. The molecule has 1 atom stereocenters. The van der Waals surface area contributed by atoms with E-state index in [9.17, 15) is 37.9 Å². The summed E-state index contributed by atoms with van der Waals surface area (Å²) in [6.07, 6.45) is -0.413. The summed E-state index contributed by atoms with van der Waals surface area (Å²) in [4.78, 5) is 72.3. The van der Waals surface area contributed by atoms with Crippen molar-refractivity contribution < 1.29 is 52.0 Å². The van der Waals surface area contributed by atoms with Crippen molar-refractivity contribution in [1.82, 2.24) is 29.4 Å². The van der Waals surface area contributed by atoms with Crippen LogP contribution in [0.1, 0.15) is 72.0 Å². The lowest BCUT2D eigenvalue weighted by Crippen LogP contribution is -2.49. The molecule has 1 saturated carbocycles. The number of carbonyl (C=O) groups excluding carboxylic acids is 4. The number of carbonyl (C=O) groups is 4. The van der Waals surface area contributed by atoms with E-state index in [1.54, 1.807) is 59.5 Å². The van der Waals surface area contributed by atoms with Crippen LogP contribution in [0, 0.1) is 6.92 Å². The van der Waals surface area contributed by atoms with E-state index in [1.165, 1.54) is 27.5 Å². The van der Waals surface area contributed by atoms with E-state index in [-0.39, 0.29) is 91.8 Å². The number of amides is 4. The number of piperidine rings is 1. The number of aryl methyl sites for hydroxylation is 1. The van der Waals surface area contributed by atoms with Crippen molar-refractivity contribution in [3.8, 4) is 22.8 Å². The number of nitrogens with zero attached hydrogens (tertiary/aromatic N) is 5. The van der Waals surface area contributed by atoms with Crippen molar-refractivity contribution in [3.05, 3.63) is 136 Å². The minimum Gasteiger partial charge on any atom is -0.395 e. The third-order valence-corrected chi connectivity index (χ3v) is 13.3. The summed E-state index contributed by atoms with van der Waals surface area (Å²) in [7, 11) is 0. The van der Waals surface area contributed by atoms with Gasteiger partial charge in [0.15, 0.2) is 11.5 Å². The molecule has 2 aliphatic heterocycles. The molecular weight excluding hydrogens is 935 g/mol. The van der Waals surface area contributed by atoms with Crippen molar-refractivity contribution in [2.24, 2.45) is 0 Å². The number of aliphatic hydroxyl groups is 1. The van der Waals surface area contributed by atoms with Gasteiger partial charge >= 0.3 is 6.29 Å². The molecule has 18 nitrogen and oxygen atoms in total. The van der Waals surface area contributed by atoms with Gasteiger partial charge in [-0.15, -0.1) is 8.78 Å². The van der Waals surface area contributed by atoms with Gasteiger partial charge in [-0.05, 0) is 97.7 Å². The zero-order chi connectivity index (χ0) is 50.6. The van der Waals surface area contributed by atoms with Crippen molar-refractivity contribution in [2.75, 3.05) is 56.7 Å². The van der Waals surface area contributed by atoms with Crippen LogP contribution in [-0.2, 0) is 35.8 Å². The smallest absolute Gasteiger partial charge is 0.395 e. The highest BCUT2D eigenvalue weighted by Crippen LogP contribution is 2.52. The zero-order valence-corrected chi connectivity index (χ0v) is 39.7. The summed E-state index contributed by atoms with van der Waals surface area (Å²) < 4.78 is 50.1. The van der Waals surface area contributed by atoms with E-state index in [0.29, 0.717) is 67.6 Å². The first-order valence-corrected chi connectivity index (χ1v) is 23.7. The summed E-state index contributed by atoms with van der Waals surface area (Å²) in [5, 5.41) is 24.2. The van der Waals surface area contributed by atoms with Gasteiger partial charge in [-0.2, -0.15) is 5.10 Å². The van der Waals surface area contributed by atoms with Crippen molar-refractivity contribution in [1.29, 1.82) is 0 Å². The largest absolute Gasteiger partial charge is 0.586 e. The summed E-state index contributed by atoms with van der Waals surface area (Å²) in [6.45, 7) is 4.96. The van der Waals surface area contributed by atoms with Crippen LogP contribution in [0.25, 0.3) is 16.8 Å². The maximum atomic E-state index is 13.6. The SMILES string of the molecule is Cc1ccc(NC(=O)C2(c3ccc4c(c3)OC(F)(F)O4)CC2)nc1-c1cccc(C(=O)NCCOCCOCC(=O)Nc2ccc3c(=O)n(CC4(O)CCN(C(=O)C[C@@H](C)c5ccccc5)CC4)cnn23)c1. The molecule has 5 heterocycles. The van der Waals surface area contributed by atoms with Gasteiger partial charge in [0.1, 0.15) is 30.1 Å². The van der Waals surface area contributed by atoms with Crippen LogP contribution >= 0.6 is 0 Å². The van der Waals surface area contributed by atoms with Gasteiger partial charge in [0.05, 0.1) is 43.1 Å². The van der Waals surface area contributed by atoms with E-state index >= 15 is 0 Å². The van der Waals surface area contributed by atoms with Crippen LogP contribution in [0.15, 0.2) is 108 Å². The Hall–Kier alpha value is -7.55. The molecule has 3 aromatic carbocycles. The van der Waals surface area contributed by atoms with Gasteiger partial charge in [0.2, 0.25) is 11.8 Å². The predicted molar refractivity (Wildman–Crippen MR) is 259 cm³/mol. The standard InChI is InChI=1S/C52H54F2N8O10/c1-33-11-15-42(58-49(67)51(17-18-51)38-12-14-40-41(29-38)72-52(53,54)71-40)57-46(33)36-9-6-10-37(28-36)47(65)55-21-24-69-25-26-70-30-44(63)59-43-16-13-39-48(66)61(32-56-62(39)43)31-50(68)19-22-60(23-20-50)45(64)27-34(2)35-7-4-3-5-8-35/h3-16,28-29,32,34,68H,17-27,30-31H2,1-2H3,(H,55,65)(H,59,63)(H,57,58,67)/t34-/m1/s1. The van der Waals surface area contributed by atoms with E-state index in [0.717, 1.165) is 11.1 Å². The van der Waals surface area contributed by atoms with Gasteiger partial charge in [0, 0.05) is 37.2 Å². The highest BCUT2D eigenvalue weighted by molar-refractivity contribution is 6.01. The second-order valence-corrected chi connectivity index (χ2v) is 18.5. The molecule has 9 rings (SSSR count). The number of nitrogens with one attached hydrogen (secondary N) is 3. The number of hydrogen-bond acceptors (Lipinski definition) is 12.